The summed E-state index contributed by atoms with van der Waals surface area (Å²) >= 11 is 0. The Hall–Kier alpha value is -0.585. The molecule has 0 rings (SSSR count). The van der Waals surface area contributed by atoms with Crippen LogP contribution in [0.3, 0.4) is 0 Å². The van der Waals surface area contributed by atoms with Gasteiger partial charge in [0.2, 0.25) is 0 Å². The third kappa shape index (κ3) is 31.7. The van der Waals surface area contributed by atoms with Crippen LogP contribution in [0.15, 0.2) is 0 Å². The van der Waals surface area contributed by atoms with Crippen LogP contribution in [0.2, 0.25) is 0 Å². The number of rotatable bonds is 14. The lowest BCUT2D eigenvalue weighted by Gasteiger charge is -2.02. The number of hydrogen-bond acceptors (Lipinski definition) is 4. The Morgan fingerprint density at radius 3 is 1.23 bits per heavy atom. The van der Waals surface area contributed by atoms with Gasteiger partial charge in [0, 0.05) is 6.42 Å². The van der Waals surface area contributed by atoms with Crippen LogP contribution in [0.5, 0.6) is 0 Å². The van der Waals surface area contributed by atoms with Crippen molar-refractivity contribution in [1.82, 2.24) is 0 Å². The van der Waals surface area contributed by atoms with Gasteiger partial charge >= 0.3 is 13.3 Å². The summed E-state index contributed by atoms with van der Waals surface area (Å²) in [5, 5.41) is 30.0. The summed E-state index contributed by atoms with van der Waals surface area (Å²) in [7, 11) is -2.17. The van der Waals surface area contributed by atoms with Crippen LogP contribution in [-0.4, -0.2) is 33.5 Å². The first-order valence-electron chi connectivity index (χ1n) is 8.76. The van der Waals surface area contributed by atoms with Gasteiger partial charge in [0.1, 0.15) is 0 Å². The maximum absolute atomic E-state index is 10.3. The second-order valence-electron chi connectivity index (χ2n) is 5.73. The quantitative estimate of drug-likeness (QED) is 0.290. The van der Waals surface area contributed by atoms with E-state index in [-0.39, 0.29) is 0 Å². The zero-order valence-corrected chi connectivity index (χ0v) is 14.2. The Bertz CT molecular complexity index is 222. The first kappa shape index (κ1) is 23.7. The fraction of sp³-hybridized carbons (Fsp3) is 0.938. The monoisotopic (exact) mass is 318 g/mol. The standard InChI is InChI=1S/C16H32O2.BH3O3/c1-2-3-4-5-6-7-8-9-10-11-12-13-14-15-16(17)18;2-1(3)4/h2-15H2,1H3,(H,17,18);2-4H. The maximum Gasteiger partial charge on any atom is 0.631 e. The summed E-state index contributed by atoms with van der Waals surface area (Å²) < 4.78 is 0. The van der Waals surface area contributed by atoms with E-state index in [1.54, 1.807) is 0 Å². The molecular weight excluding hydrogens is 283 g/mol. The van der Waals surface area contributed by atoms with Crippen molar-refractivity contribution in [3.8, 4) is 0 Å². The fourth-order valence-corrected chi connectivity index (χ4v) is 2.29. The molecule has 5 nitrogen and oxygen atoms in total. The molecular formula is C16H35BO5. The third-order valence-corrected chi connectivity index (χ3v) is 3.49. The molecule has 0 aliphatic carbocycles. The lowest BCUT2D eigenvalue weighted by Crippen LogP contribution is -2.07. The highest BCUT2D eigenvalue weighted by atomic mass is 16.5. The van der Waals surface area contributed by atoms with E-state index in [9.17, 15) is 4.79 Å². The maximum atomic E-state index is 10.3. The van der Waals surface area contributed by atoms with Crippen molar-refractivity contribution < 1.29 is 25.0 Å². The fourth-order valence-electron chi connectivity index (χ4n) is 2.29. The molecule has 132 valence electrons. The number of carboxylic acids is 1. The van der Waals surface area contributed by atoms with Gasteiger partial charge < -0.3 is 20.2 Å². The molecule has 0 aliphatic rings. The Labute approximate surface area is 135 Å². The zero-order chi connectivity index (χ0) is 17.1. The van der Waals surface area contributed by atoms with E-state index in [1.807, 2.05) is 0 Å². The van der Waals surface area contributed by atoms with Crippen LogP contribution in [0.25, 0.3) is 0 Å². The predicted molar refractivity (Wildman–Crippen MR) is 90.4 cm³/mol. The van der Waals surface area contributed by atoms with Crippen molar-refractivity contribution in [2.45, 2.75) is 96.8 Å². The van der Waals surface area contributed by atoms with Crippen LogP contribution in [-0.2, 0) is 4.79 Å². The van der Waals surface area contributed by atoms with Gasteiger partial charge in [0.25, 0.3) is 0 Å². The number of hydrogen-bond donors (Lipinski definition) is 4. The van der Waals surface area contributed by atoms with E-state index in [2.05, 4.69) is 6.92 Å². The molecule has 0 atom stereocenters. The minimum Gasteiger partial charge on any atom is -0.481 e. The van der Waals surface area contributed by atoms with Crippen molar-refractivity contribution >= 4 is 13.3 Å². The van der Waals surface area contributed by atoms with Crippen LogP contribution in [0.4, 0.5) is 0 Å². The summed E-state index contributed by atoms with van der Waals surface area (Å²) in [6.07, 6.45) is 17.3. The SMILES string of the molecule is CCCCCCCCCCCCCCCC(=O)O.OB(O)O. The van der Waals surface area contributed by atoms with E-state index < -0.39 is 13.3 Å². The minimum atomic E-state index is -2.17. The molecule has 0 amide bonds. The average Bonchev–Trinajstić information content (AvgIpc) is 2.43. The van der Waals surface area contributed by atoms with Gasteiger partial charge in [-0.25, -0.2) is 0 Å². The van der Waals surface area contributed by atoms with Crippen LogP contribution in [0.1, 0.15) is 96.8 Å². The molecule has 0 saturated heterocycles. The molecule has 22 heavy (non-hydrogen) atoms. The van der Waals surface area contributed by atoms with Crippen molar-refractivity contribution in [2.24, 2.45) is 0 Å². The number of carboxylic acid groups (broad SMARTS) is 1. The second kappa shape index (κ2) is 20.4. The van der Waals surface area contributed by atoms with E-state index >= 15 is 0 Å². The van der Waals surface area contributed by atoms with Gasteiger partial charge in [-0.15, -0.1) is 0 Å². The average molecular weight is 318 g/mol. The molecule has 0 spiro atoms. The van der Waals surface area contributed by atoms with Gasteiger partial charge in [-0.3, -0.25) is 4.79 Å². The summed E-state index contributed by atoms with van der Waals surface area (Å²) in [4.78, 5) is 10.3. The normalized spacial score (nSPS) is 10.0. The van der Waals surface area contributed by atoms with Crippen LogP contribution >= 0.6 is 0 Å². The van der Waals surface area contributed by atoms with Gasteiger partial charge in [-0.1, -0.05) is 84.0 Å². The lowest BCUT2D eigenvalue weighted by molar-refractivity contribution is -0.137. The summed E-state index contributed by atoms with van der Waals surface area (Å²) in [5.41, 5.74) is 0. The molecule has 0 radical (unpaired) electrons. The summed E-state index contributed by atoms with van der Waals surface area (Å²) in [5.74, 6) is -0.655. The van der Waals surface area contributed by atoms with Gasteiger partial charge in [0.05, 0.1) is 0 Å². The summed E-state index contributed by atoms with van der Waals surface area (Å²) in [6, 6.07) is 0. The van der Waals surface area contributed by atoms with Gasteiger partial charge in [-0.2, -0.15) is 0 Å². The second-order valence-corrected chi connectivity index (χ2v) is 5.73. The molecule has 0 aromatic rings. The molecule has 0 heterocycles. The highest BCUT2D eigenvalue weighted by molar-refractivity contribution is 6.30. The number of carbonyl (C=O) groups is 1. The molecule has 0 saturated carbocycles. The molecule has 0 aromatic heterocycles. The highest BCUT2D eigenvalue weighted by Gasteiger charge is 1.96. The topological polar surface area (TPSA) is 98.0 Å². The molecule has 6 heteroatoms. The highest BCUT2D eigenvalue weighted by Crippen LogP contribution is 2.12. The van der Waals surface area contributed by atoms with Crippen LogP contribution in [0, 0.1) is 0 Å². The van der Waals surface area contributed by atoms with Crippen LogP contribution < -0.4 is 0 Å². The Balaban J connectivity index is 0. The Kier molecular flexibility index (Phi) is 22.0. The third-order valence-electron chi connectivity index (χ3n) is 3.49. The van der Waals surface area contributed by atoms with Gasteiger partial charge in [-0.05, 0) is 6.42 Å². The van der Waals surface area contributed by atoms with E-state index in [4.69, 9.17) is 20.2 Å². The molecule has 0 unspecified atom stereocenters. The first-order chi connectivity index (χ1) is 10.5. The molecule has 0 aliphatic heterocycles. The van der Waals surface area contributed by atoms with E-state index in [0.717, 1.165) is 12.8 Å². The van der Waals surface area contributed by atoms with Crippen molar-refractivity contribution in [3.05, 3.63) is 0 Å². The molecule has 4 N–H and O–H groups in total. The predicted octanol–water partition coefficient (Wildman–Crippen LogP) is 3.50. The van der Waals surface area contributed by atoms with E-state index in [0.29, 0.717) is 6.42 Å². The number of unbranched alkanes of at least 4 members (excludes halogenated alkanes) is 12. The largest absolute Gasteiger partial charge is 0.631 e. The molecule has 0 aromatic carbocycles. The number of aliphatic carboxylic acids is 1. The van der Waals surface area contributed by atoms with Crippen molar-refractivity contribution in [3.63, 3.8) is 0 Å². The zero-order valence-electron chi connectivity index (χ0n) is 14.2. The smallest absolute Gasteiger partial charge is 0.481 e. The van der Waals surface area contributed by atoms with Crippen molar-refractivity contribution in [1.29, 1.82) is 0 Å². The van der Waals surface area contributed by atoms with E-state index in [1.165, 1.54) is 70.6 Å². The molecule has 0 fully saturated rings. The van der Waals surface area contributed by atoms with Gasteiger partial charge in [0.15, 0.2) is 0 Å². The minimum absolute atomic E-state index is 0.345. The Morgan fingerprint density at radius 2 is 0.955 bits per heavy atom. The Morgan fingerprint density at radius 1 is 0.682 bits per heavy atom. The lowest BCUT2D eigenvalue weighted by atomic mass is 10.0. The summed E-state index contributed by atoms with van der Waals surface area (Å²) in [6.45, 7) is 2.26. The van der Waals surface area contributed by atoms with Crippen molar-refractivity contribution in [2.75, 3.05) is 0 Å². The first-order valence-corrected chi connectivity index (χ1v) is 8.76. The molecule has 0 bridgehead atoms.